The van der Waals surface area contributed by atoms with Crippen LogP contribution in [-0.4, -0.2) is 25.7 Å². The quantitative estimate of drug-likeness (QED) is 0.917. The minimum absolute atomic E-state index is 0.200. The highest BCUT2D eigenvalue weighted by Crippen LogP contribution is 2.41. The first-order chi connectivity index (χ1) is 11.2. The summed E-state index contributed by atoms with van der Waals surface area (Å²) in [6.07, 6.45) is 10.1. The summed E-state index contributed by atoms with van der Waals surface area (Å²) in [4.78, 5) is 16.6. The number of amides is 1. The highest BCUT2D eigenvalue weighted by Gasteiger charge is 2.33. The highest BCUT2D eigenvalue weighted by molar-refractivity contribution is 5.93. The van der Waals surface area contributed by atoms with Gasteiger partial charge in [0.05, 0.1) is 6.04 Å². The monoisotopic (exact) mass is 315 g/mol. The van der Waals surface area contributed by atoms with E-state index in [-0.39, 0.29) is 11.9 Å². The van der Waals surface area contributed by atoms with E-state index in [0.29, 0.717) is 23.4 Å². The van der Waals surface area contributed by atoms with E-state index < -0.39 is 0 Å². The Morgan fingerprint density at radius 3 is 2.87 bits per heavy atom. The number of oxazole rings is 1. The van der Waals surface area contributed by atoms with Gasteiger partial charge in [0.15, 0.2) is 17.9 Å². The molecule has 0 bridgehead atoms. The molecule has 1 amide bonds. The number of rotatable bonds is 5. The third-order valence-electron chi connectivity index (χ3n) is 4.81. The third kappa shape index (κ3) is 2.75. The molecule has 0 spiro atoms. The number of hydrogen-bond acceptors (Lipinski definition) is 5. The number of carbonyl (C=O) groups is 1. The zero-order chi connectivity index (χ0) is 15.8. The highest BCUT2D eigenvalue weighted by atomic mass is 16.3. The predicted octanol–water partition coefficient (Wildman–Crippen LogP) is 2.75. The average Bonchev–Trinajstić information content (AvgIpc) is 3.04. The van der Waals surface area contributed by atoms with E-state index in [9.17, 15) is 4.79 Å². The Hall–Kier alpha value is -2.18. The second kappa shape index (κ2) is 5.79. The Balaban J connectivity index is 1.49. The van der Waals surface area contributed by atoms with Gasteiger partial charge in [-0.3, -0.25) is 4.79 Å². The fourth-order valence-corrected chi connectivity index (χ4v) is 3.42. The largest absolute Gasteiger partial charge is 0.447 e. The number of carbonyl (C=O) groups excluding carboxylic acids is 1. The van der Waals surface area contributed by atoms with Crippen molar-refractivity contribution in [1.29, 1.82) is 0 Å². The van der Waals surface area contributed by atoms with Crippen molar-refractivity contribution in [3.05, 3.63) is 30.0 Å². The molecule has 0 radical (unpaired) electrons. The summed E-state index contributed by atoms with van der Waals surface area (Å²) < 4.78 is 7.50. The maximum absolute atomic E-state index is 12.5. The maximum Gasteiger partial charge on any atom is 0.274 e. The van der Waals surface area contributed by atoms with Crippen molar-refractivity contribution in [3.63, 3.8) is 0 Å². The van der Waals surface area contributed by atoms with Gasteiger partial charge in [-0.15, -0.1) is 10.2 Å². The molecule has 1 atom stereocenters. The van der Waals surface area contributed by atoms with Crippen molar-refractivity contribution in [2.75, 3.05) is 0 Å². The SMILES string of the molecule is C[C@H](NC(=O)c1ncoc1C1CC1)c1nncn1C1CCCC1. The summed E-state index contributed by atoms with van der Waals surface area (Å²) in [5, 5.41) is 11.2. The third-order valence-corrected chi connectivity index (χ3v) is 4.81. The van der Waals surface area contributed by atoms with E-state index >= 15 is 0 Å². The summed E-state index contributed by atoms with van der Waals surface area (Å²) >= 11 is 0. The van der Waals surface area contributed by atoms with Crippen LogP contribution in [0.2, 0.25) is 0 Å². The van der Waals surface area contributed by atoms with Gasteiger partial charge in [-0.1, -0.05) is 12.8 Å². The molecule has 2 aromatic rings. The molecule has 23 heavy (non-hydrogen) atoms. The molecule has 4 rings (SSSR count). The van der Waals surface area contributed by atoms with Crippen molar-refractivity contribution in [3.8, 4) is 0 Å². The Morgan fingerprint density at radius 1 is 1.35 bits per heavy atom. The summed E-state index contributed by atoms with van der Waals surface area (Å²) in [6.45, 7) is 1.93. The average molecular weight is 315 g/mol. The number of hydrogen-bond donors (Lipinski definition) is 1. The first-order valence-electron chi connectivity index (χ1n) is 8.37. The molecule has 122 valence electrons. The first kappa shape index (κ1) is 14.4. The van der Waals surface area contributed by atoms with Crippen molar-refractivity contribution in [2.45, 2.75) is 63.5 Å². The minimum atomic E-state index is -0.214. The van der Waals surface area contributed by atoms with Gasteiger partial charge in [0.2, 0.25) is 0 Å². The summed E-state index contributed by atoms with van der Waals surface area (Å²) in [5.41, 5.74) is 0.409. The van der Waals surface area contributed by atoms with Gasteiger partial charge >= 0.3 is 0 Å². The standard InChI is InChI=1S/C16H21N5O2/c1-10(15-20-18-8-21(15)12-4-2-3-5-12)19-16(22)13-14(11-6-7-11)23-9-17-13/h8-12H,2-7H2,1H3,(H,19,22)/t10-/m0/s1. The van der Waals surface area contributed by atoms with E-state index in [1.165, 1.54) is 19.2 Å². The topological polar surface area (TPSA) is 85.8 Å². The number of nitrogens with one attached hydrogen (secondary N) is 1. The number of aromatic nitrogens is 4. The van der Waals surface area contributed by atoms with Crippen molar-refractivity contribution < 1.29 is 9.21 Å². The van der Waals surface area contributed by atoms with Gasteiger partial charge < -0.3 is 14.3 Å². The maximum atomic E-state index is 12.5. The zero-order valence-corrected chi connectivity index (χ0v) is 13.2. The van der Waals surface area contributed by atoms with Crippen LogP contribution in [0, 0.1) is 0 Å². The zero-order valence-electron chi connectivity index (χ0n) is 13.2. The van der Waals surface area contributed by atoms with E-state index in [2.05, 4.69) is 25.1 Å². The molecule has 0 unspecified atom stereocenters. The molecule has 0 aromatic carbocycles. The summed E-state index contributed by atoms with van der Waals surface area (Å²) in [7, 11) is 0. The lowest BCUT2D eigenvalue weighted by atomic mass is 10.2. The van der Waals surface area contributed by atoms with Gasteiger partial charge in [-0.05, 0) is 32.6 Å². The van der Waals surface area contributed by atoms with Crippen molar-refractivity contribution >= 4 is 5.91 Å². The smallest absolute Gasteiger partial charge is 0.274 e. The molecule has 2 saturated carbocycles. The van der Waals surface area contributed by atoms with Gasteiger partial charge in [0, 0.05) is 12.0 Å². The summed E-state index contributed by atoms with van der Waals surface area (Å²) in [5.74, 6) is 1.68. The first-order valence-corrected chi connectivity index (χ1v) is 8.37. The van der Waals surface area contributed by atoms with E-state index in [0.717, 1.165) is 31.5 Å². The number of nitrogens with zero attached hydrogens (tertiary/aromatic N) is 4. The Bertz CT molecular complexity index is 697. The molecule has 2 aromatic heterocycles. The molecule has 2 aliphatic carbocycles. The van der Waals surface area contributed by atoms with Crippen LogP contribution in [0.25, 0.3) is 0 Å². The molecule has 0 saturated heterocycles. The Labute approximate surface area is 134 Å². The second-order valence-corrected chi connectivity index (χ2v) is 6.57. The molecule has 2 aliphatic rings. The van der Waals surface area contributed by atoms with Crippen LogP contribution < -0.4 is 5.32 Å². The van der Waals surface area contributed by atoms with Crippen molar-refractivity contribution in [2.24, 2.45) is 0 Å². The van der Waals surface area contributed by atoms with Gasteiger partial charge in [0.1, 0.15) is 12.1 Å². The molecular weight excluding hydrogens is 294 g/mol. The van der Waals surface area contributed by atoms with E-state index in [1.807, 2.05) is 6.92 Å². The Morgan fingerprint density at radius 2 is 2.13 bits per heavy atom. The van der Waals surface area contributed by atoms with Crippen LogP contribution in [0.4, 0.5) is 0 Å². The van der Waals surface area contributed by atoms with Crippen LogP contribution in [0.1, 0.15) is 85.5 Å². The van der Waals surface area contributed by atoms with Crippen LogP contribution in [0.15, 0.2) is 17.1 Å². The molecule has 7 nitrogen and oxygen atoms in total. The van der Waals surface area contributed by atoms with Crippen molar-refractivity contribution in [1.82, 2.24) is 25.1 Å². The van der Waals surface area contributed by atoms with Gasteiger partial charge in [0.25, 0.3) is 5.91 Å². The molecule has 2 heterocycles. The predicted molar refractivity (Wildman–Crippen MR) is 81.9 cm³/mol. The van der Waals surface area contributed by atoms with Crippen LogP contribution >= 0.6 is 0 Å². The summed E-state index contributed by atoms with van der Waals surface area (Å²) in [6, 6.07) is 0.239. The second-order valence-electron chi connectivity index (χ2n) is 6.57. The lowest BCUT2D eigenvalue weighted by Crippen LogP contribution is -2.30. The van der Waals surface area contributed by atoms with E-state index in [1.54, 1.807) is 6.33 Å². The van der Waals surface area contributed by atoms with Crippen LogP contribution in [0.3, 0.4) is 0 Å². The minimum Gasteiger partial charge on any atom is -0.447 e. The van der Waals surface area contributed by atoms with Crippen LogP contribution in [-0.2, 0) is 0 Å². The normalized spacial score (nSPS) is 19.9. The van der Waals surface area contributed by atoms with Gasteiger partial charge in [-0.2, -0.15) is 0 Å². The van der Waals surface area contributed by atoms with Crippen LogP contribution in [0.5, 0.6) is 0 Å². The fourth-order valence-electron chi connectivity index (χ4n) is 3.42. The molecule has 1 N–H and O–H groups in total. The molecule has 2 fully saturated rings. The molecular formula is C16H21N5O2. The fraction of sp³-hybridized carbons (Fsp3) is 0.625. The molecule has 0 aliphatic heterocycles. The molecule has 7 heteroatoms. The lowest BCUT2D eigenvalue weighted by molar-refractivity contribution is 0.0930. The lowest BCUT2D eigenvalue weighted by Gasteiger charge is -2.18. The Kier molecular flexibility index (Phi) is 3.63. The van der Waals surface area contributed by atoms with E-state index in [4.69, 9.17) is 4.42 Å². The van der Waals surface area contributed by atoms with Gasteiger partial charge in [-0.25, -0.2) is 4.98 Å².